The molecule has 192 valence electrons. The molecule has 0 aliphatic carbocycles. The highest BCUT2D eigenvalue weighted by Crippen LogP contribution is 2.34. The van der Waals surface area contributed by atoms with Gasteiger partial charge in [0.25, 0.3) is 5.92 Å². The maximum Gasteiger partial charge on any atom is 0.265 e. The molecule has 36 heavy (non-hydrogen) atoms. The standard InChI is InChI=1S/C25H28ClF2N5O3/c1-24(2)13-33(11-21(34)32-7-3-5-25(27,28)14-32)20(12-36-24)23(35)31-18-9-15(26)8-17-16-4-6-29-10-19(16)30-22(17)18/h4,6,8-10,20,30H,3,5,7,11-14H2,1-2H3,(H,31,35). The first kappa shape index (κ1) is 24.9. The Morgan fingerprint density at radius 3 is 2.86 bits per heavy atom. The van der Waals surface area contributed by atoms with Crippen LogP contribution in [0.15, 0.2) is 30.6 Å². The van der Waals surface area contributed by atoms with Gasteiger partial charge in [-0.05, 0) is 38.5 Å². The van der Waals surface area contributed by atoms with Gasteiger partial charge in [-0.3, -0.25) is 19.5 Å². The van der Waals surface area contributed by atoms with Crippen molar-refractivity contribution in [3.63, 3.8) is 0 Å². The number of halogens is 3. The lowest BCUT2D eigenvalue weighted by Crippen LogP contribution is -2.60. The molecule has 2 fully saturated rings. The molecule has 8 nitrogen and oxygen atoms in total. The number of carbonyl (C=O) groups excluding carboxylic acids is 2. The third kappa shape index (κ3) is 5.02. The number of anilines is 1. The molecule has 1 aromatic carbocycles. The normalized spacial score (nSPS) is 22.1. The highest BCUT2D eigenvalue weighted by atomic mass is 35.5. The molecule has 2 N–H and O–H groups in total. The number of aromatic nitrogens is 2. The van der Waals surface area contributed by atoms with Crippen molar-refractivity contribution in [1.82, 2.24) is 19.8 Å². The first-order chi connectivity index (χ1) is 17.0. The van der Waals surface area contributed by atoms with E-state index in [4.69, 9.17) is 16.3 Å². The van der Waals surface area contributed by atoms with Gasteiger partial charge >= 0.3 is 0 Å². The highest BCUT2D eigenvalue weighted by Gasteiger charge is 2.41. The molecule has 0 radical (unpaired) electrons. The summed E-state index contributed by atoms with van der Waals surface area (Å²) in [5, 5.41) is 5.16. The monoisotopic (exact) mass is 519 g/mol. The van der Waals surface area contributed by atoms with E-state index >= 15 is 0 Å². The minimum Gasteiger partial charge on any atom is -0.372 e. The SMILES string of the molecule is CC1(C)CN(CC(=O)N2CCCC(F)(F)C2)C(C(=O)Nc2cc(Cl)cc3c2[nH]c2cnccc23)CO1. The minimum absolute atomic E-state index is 0.0581. The number of carbonyl (C=O) groups is 2. The second kappa shape index (κ2) is 9.24. The topological polar surface area (TPSA) is 90.6 Å². The molecule has 2 saturated heterocycles. The van der Waals surface area contributed by atoms with Gasteiger partial charge in [0.05, 0.1) is 48.2 Å². The van der Waals surface area contributed by atoms with Crippen molar-refractivity contribution in [3.8, 4) is 0 Å². The number of piperidine rings is 1. The Balaban J connectivity index is 1.39. The van der Waals surface area contributed by atoms with Crippen LogP contribution in [-0.4, -0.2) is 81.9 Å². The number of morpholine rings is 1. The summed E-state index contributed by atoms with van der Waals surface area (Å²) >= 11 is 6.37. The van der Waals surface area contributed by atoms with Gasteiger partial charge in [0, 0.05) is 41.5 Å². The molecular weight excluding hydrogens is 492 g/mol. The fourth-order valence-electron chi connectivity index (χ4n) is 5.05. The van der Waals surface area contributed by atoms with Gasteiger partial charge in [-0.2, -0.15) is 0 Å². The molecule has 2 amide bonds. The van der Waals surface area contributed by atoms with Gasteiger partial charge < -0.3 is 19.9 Å². The van der Waals surface area contributed by atoms with Gasteiger partial charge in [0.15, 0.2) is 0 Å². The number of aromatic amines is 1. The van der Waals surface area contributed by atoms with E-state index in [1.807, 2.05) is 26.0 Å². The summed E-state index contributed by atoms with van der Waals surface area (Å²) in [6, 6.07) is 4.55. The predicted molar refractivity (Wildman–Crippen MR) is 133 cm³/mol. The Morgan fingerprint density at radius 2 is 2.08 bits per heavy atom. The summed E-state index contributed by atoms with van der Waals surface area (Å²) in [6.07, 6.45) is 3.42. The van der Waals surface area contributed by atoms with E-state index in [0.717, 1.165) is 16.3 Å². The third-order valence-electron chi connectivity index (χ3n) is 6.77. The Morgan fingerprint density at radius 1 is 1.28 bits per heavy atom. The van der Waals surface area contributed by atoms with Crippen LogP contribution < -0.4 is 5.32 Å². The molecule has 2 aliphatic rings. The molecule has 4 heterocycles. The summed E-state index contributed by atoms with van der Waals surface area (Å²) in [5.41, 5.74) is 1.39. The molecule has 1 atom stereocenters. The zero-order valence-electron chi connectivity index (χ0n) is 20.1. The zero-order chi connectivity index (χ0) is 25.7. The van der Waals surface area contributed by atoms with Gasteiger partial charge in [0.2, 0.25) is 11.8 Å². The van der Waals surface area contributed by atoms with Crippen LogP contribution in [0.2, 0.25) is 5.02 Å². The number of benzene rings is 1. The van der Waals surface area contributed by atoms with E-state index in [1.54, 1.807) is 23.4 Å². The van der Waals surface area contributed by atoms with Crippen molar-refractivity contribution >= 4 is 50.9 Å². The molecule has 11 heteroatoms. The van der Waals surface area contributed by atoms with Crippen LogP contribution >= 0.6 is 11.6 Å². The Kier molecular flexibility index (Phi) is 6.38. The van der Waals surface area contributed by atoms with Crippen molar-refractivity contribution in [2.75, 3.05) is 38.1 Å². The van der Waals surface area contributed by atoms with Crippen molar-refractivity contribution in [2.45, 2.75) is 44.3 Å². The quantitative estimate of drug-likeness (QED) is 0.543. The number of nitrogens with one attached hydrogen (secondary N) is 2. The van der Waals surface area contributed by atoms with E-state index < -0.39 is 30.0 Å². The van der Waals surface area contributed by atoms with E-state index in [9.17, 15) is 18.4 Å². The molecule has 0 saturated carbocycles. The predicted octanol–water partition coefficient (Wildman–Crippen LogP) is 4.05. The first-order valence-corrected chi connectivity index (χ1v) is 12.3. The molecule has 5 rings (SSSR count). The lowest BCUT2D eigenvalue weighted by Gasteiger charge is -2.43. The van der Waals surface area contributed by atoms with E-state index in [1.165, 1.54) is 4.90 Å². The molecule has 0 spiro atoms. The number of alkyl halides is 2. The lowest BCUT2D eigenvalue weighted by atomic mass is 10.0. The summed E-state index contributed by atoms with van der Waals surface area (Å²) in [6.45, 7) is 3.64. The molecule has 0 bridgehead atoms. The summed E-state index contributed by atoms with van der Waals surface area (Å²) < 4.78 is 33.7. The number of pyridine rings is 1. The average molecular weight is 520 g/mol. The van der Waals surface area contributed by atoms with Crippen LogP contribution in [0.5, 0.6) is 0 Å². The molecule has 2 aromatic heterocycles. The molecule has 2 aliphatic heterocycles. The van der Waals surface area contributed by atoms with E-state index in [-0.39, 0.29) is 38.4 Å². The second-order valence-electron chi connectivity index (χ2n) is 10.2. The number of likely N-dealkylation sites (tertiary alicyclic amines) is 1. The minimum atomic E-state index is -2.89. The third-order valence-corrected chi connectivity index (χ3v) is 6.99. The number of ether oxygens (including phenoxy) is 1. The van der Waals surface area contributed by atoms with Crippen molar-refractivity contribution < 1.29 is 23.1 Å². The zero-order valence-corrected chi connectivity index (χ0v) is 20.9. The summed E-state index contributed by atoms with van der Waals surface area (Å²) in [5.74, 6) is -3.68. The Bertz CT molecular complexity index is 1330. The van der Waals surface area contributed by atoms with Crippen LogP contribution in [0, 0.1) is 0 Å². The van der Waals surface area contributed by atoms with Gasteiger partial charge in [-0.25, -0.2) is 8.78 Å². The highest BCUT2D eigenvalue weighted by molar-refractivity contribution is 6.33. The van der Waals surface area contributed by atoms with Crippen molar-refractivity contribution in [1.29, 1.82) is 0 Å². The van der Waals surface area contributed by atoms with Gasteiger partial charge in [-0.1, -0.05) is 11.6 Å². The fraction of sp³-hybridized carbons (Fsp3) is 0.480. The van der Waals surface area contributed by atoms with Gasteiger partial charge in [-0.15, -0.1) is 0 Å². The second-order valence-corrected chi connectivity index (χ2v) is 10.6. The van der Waals surface area contributed by atoms with E-state index in [0.29, 0.717) is 22.8 Å². The lowest BCUT2D eigenvalue weighted by molar-refractivity contribution is -0.155. The number of hydrogen-bond acceptors (Lipinski definition) is 5. The molecular formula is C25H28ClF2N5O3. The smallest absolute Gasteiger partial charge is 0.265 e. The Hall–Kier alpha value is -2.82. The van der Waals surface area contributed by atoms with Crippen LogP contribution in [0.25, 0.3) is 21.8 Å². The van der Waals surface area contributed by atoms with Crippen LogP contribution in [0.3, 0.4) is 0 Å². The largest absolute Gasteiger partial charge is 0.372 e. The van der Waals surface area contributed by atoms with E-state index in [2.05, 4.69) is 15.3 Å². The Labute approximate surface area is 211 Å². The van der Waals surface area contributed by atoms with Gasteiger partial charge in [0.1, 0.15) is 6.04 Å². The van der Waals surface area contributed by atoms with Crippen LogP contribution in [0.1, 0.15) is 26.7 Å². The molecule has 3 aromatic rings. The van der Waals surface area contributed by atoms with Crippen molar-refractivity contribution in [2.24, 2.45) is 0 Å². The van der Waals surface area contributed by atoms with Crippen LogP contribution in [-0.2, 0) is 14.3 Å². The maximum absolute atomic E-state index is 13.9. The first-order valence-electron chi connectivity index (χ1n) is 11.9. The average Bonchev–Trinajstić information content (AvgIpc) is 3.16. The summed E-state index contributed by atoms with van der Waals surface area (Å²) in [7, 11) is 0. The summed E-state index contributed by atoms with van der Waals surface area (Å²) in [4.78, 5) is 36.8. The number of amides is 2. The fourth-order valence-corrected chi connectivity index (χ4v) is 5.27. The van der Waals surface area contributed by atoms with Crippen molar-refractivity contribution in [3.05, 3.63) is 35.6 Å². The van der Waals surface area contributed by atoms with Crippen LogP contribution in [0.4, 0.5) is 14.5 Å². The number of hydrogen-bond donors (Lipinski definition) is 2. The number of rotatable bonds is 4. The molecule has 1 unspecified atom stereocenters. The number of H-pyrrole nitrogens is 1. The maximum atomic E-state index is 13.9. The number of nitrogens with zero attached hydrogens (tertiary/aromatic N) is 3. The number of fused-ring (bicyclic) bond motifs is 3.